The lowest BCUT2D eigenvalue weighted by Gasteiger charge is -2.21. The lowest BCUT2D eigenvalue weighted by molar-refractivity contribution is -0.127. The Morgan fingerprint density at radius 1 is 1.48 bits per heavy atom. The minimum Gasteiger partial charge on any atom is -0.394 e. The van der Waals surface area contributed by atoms with E-state index in [2.05, 4.69) is 6.07 Å². The Labute approximate surface area is 136 Å². The maximum atomic E-state index is 12.1. The number of carbonyl (C=O) groups is 1. The summed E-state index contributed by atoms with van der Waals surface area (Å²) in [5.41, 5.74) is 1.99. The molecule has 0 aliphatic heterocycles. The molecule has 1 atom stereocenters. The fourth-order valence-electron chi connectivity index (χ4n) is 2.38. The lowest BCUT2D eigenvalue weighted by atomic mass is 10.1. The van der Waals surface area contributed by atoms with E-state index < -0.39 is 0 Å². The standard InChI is InChI=1S/C18H21N3O2/c1-14(13-22)20(2)18(23)9-8-15-12-21(11-5-10-19)17-7-4-3-6-16(15)17/h3-4,6-9,12,14,22H,5,11,13H2,1-2H3/b9-8+. The van der Waals surface area contributed by atoms with E-state index in [9.17, 15) is 4.79 Å². The van der Waals surface area contributed by atoms with E-state index in [1.165, 1.54) is 11.0 Å². The van der Waals surface area contributed by atoms with Gasteiger partial charge >= 0.3 is 0 Å². The number of aliphatic hydroxyl groups is 1. The van der Waals surface area contributed by atoms with Gasteiger partial charge in [0.1, 0.15) is 0 Å². The summed E-state index contributed by atoms with van der Waals surface area (Å²) in [5.74, 6) is -0.152. The lowest BCUT2D eigenvalue weighted by Crippen LogP contribution is -2.36. The predicted molar refractivity (Wildman–Crippen MR) is 90.5 cm³/mol. The van der Waals surface area contributed by atoms with Crippen molar-refractivity contribution < 1.29 is 9.90 Å². The molecular weight excluding hydrogens is 290 g/mol. The van der Waals surface area contributed by atoms with Crippen LogP contribution >= 0.6 is 0 Å². The molecule has 0 bridgehead atoms. The molecule has 2 aromatic rings. The first-order valence-electron chi connectivity index (χ1n) is 7.59. The zero-order valence-electron chi connectivity index (χ0n) is 13.4. The highest BCUT2D eigenvalue weighted by atomic mass is 16.3. The highest BCUT2D eigenvalue weighted by Gasteiger charge is 2.12. The highest BCUT2D eigenvalue weighted by Crippen LogP contribution is 2.23. The normalized spacial score (nSPS) is 12.4. The van der Waals surface area contributed by atoms with Gasteiger partial charge in [0.2, 0.25) is 5.91 Å². The second-order valence-electron chi connectivity index (χ2n) is 5.52. The van der Waals surface area contributed by atoms with Crippen LogP contribution in [0.2, 0.25) is 0 Å². The Bertz CT molecular complexity index is 755. The maximum absolute atomic E-state index is 12.1. The molecule has 0 spiro atoms. The molecule has 23 heavy (non-hydrogen) atoms. The number of carbonyl (C=O) groups excluding carboxylic acids is 1. The van der Waals surface area contributed by atoms with Crippen molar-refractivity contribution in [3.63, 3.8) is 0 Å². The maximum Gasteiger partial charge on any atom is 0.246 e. The van der Waals surface area contributed by atoms with Crippen molar-refractivity contribution in [2.45, 2.75) is 25.9 Å². The Hall–Kier alpha value is -2.58. The molecule has 1 unspecified atom stereocenters. The molecule has 0 saturated heterocycles. The molecule has 0 radical (unpaired) electrons. The number of likely N-dealkylation sites (N-methyl/N-ethyl adjacent to an activating group) is 1. The molecule has 0 saturated carbocycles. The number of rotatable bonds is 6. The van der Waals surface area contributed by atoms with Crippen LogP contribution in [0.3, 0.4) is 0 Å². The van der Waals surface area contributed by atoms with E-state index in [0.717, 1.165) is 16.5 Å². The fraction of sp³-hybridized carbons (Fsp3) is 0.333. The first-order chi connectivity index (χ1) is 11.1. The molecule has 120 valence electrons. The van der Waals surface area contributed by atoms with Crippen molar-refractivity contribution in [1.29, 1.82) is 5.26 Å². The van der Waals surface area contributed by atoms with Gasteiger partial charge in [0.05, 0.1) is 25.1 Å². The van der Waals surface area contributed by atoms with Crippen LogP contribution in [0, 0.1) is 11.3 Å². The second-order valence-corrected chi connectivity index (χ2v) is 5.52. The van der Waals surface area contributed by atoms with Gasteiger partial charge in [-0.1, -0.05) is 18.2 Å². The Balaban J connectivity index is 2.28. The van der Waals surface area contributed by atoms with E-state index in [1.807, 2.05) is 35.0 Å². The summed E-state index contributed by atoms with van der Waals surface area (Å²) in [4.78, 5) is 13.6. The average molecular weight is 311 g/mol. The van der Waals surface area contributed by atoms with Crippen molar-refractivity contribution >= 4 is 22.9 Å². The number of nitrogens with zero attached hydrogens (tertiary/aromatic N) is 3. The van der Waals surface area contributed by atoms with E-state index in [-0.39, 0.29) is 18.6 Å². The molecular formula is C18H21N3O2. The van der Waals surface area contributed by atoms with E-state index in [1.54, 1.807) is 20.0 Å². The molecule has 5 nitrogen and oxygen atoms in total. The molecule has 0 aliphatic carbocycles. The van der Waals surface area contributed by atoms with Crippen molar-refractivity contribution in [3.05, 3.63) is 42.1 Å². The summed E-state index contributed by atoms with van der Waals surface area (Å²) >= 11 is 0. The van der Waals surface area contributed by atoms with Gasteiger partial charge in [-0.25, -0.2) is 0 Å². The molecule has 1 aromatic carbocycles. The van der Waals surface area contributed by atoms with Gasteiger partial charge in [0, 0.05) is 42.3 Å². The third-order valence-corrected chi connectivity index (χ3v) is 3.96. The van der Waals surface area contributed by atoms with Crippen LogP contribution in [-0.4, -0.2) is 40.2 Å². The summed E-state index contributed by atoms with van der Waals surface area (Å²) < 4.78 is 2.03. The highest BCUT2D eigenvalue weighted by molar-refractivity contribution is 5.96. The van der Waals surface area contributed by atoms with Gasteiger partial charge in [-0.05, 0) is 19.1 Å². The quantitative estimate of drug-likeness (QED) is 0.833. The molecule has 0 aliphatic rings. The number of aliphatic hydroxyl groups excluding tert-OH is 1. The summed E-state index contributed by atoms with van der Waals surface area (Å²) in [6.45, 7) is 2.35. The van der Waals surface area contributed by atoms with Crippen molar-refractivity contribution in [3.8, 4) is 6.07 Å². The second kappa shape index (κ2) is 7.61. The molecule has 5 heteroatoms. The third-order valence-electron chi connectivity index (χ3n) is 3.96. The van der Waals surface area contributed by atoms with Crippen LogP contribution in [0.25, 0.3) is 17.0 Å². The average Bonchev–Trinajstić information content (AvgIpc) is 2.94. The smallest absolute Gasteiger partial charge is 0.246 e. The van der Waals surface area contributed by atoms with Gasteiger partial charge < -0.3 is 14.6 Å². The number of benzene rings is 1. The van der Waals surface area contributed by atoms with Crippen molar-refractivity contribution in [1.82, 2.24) is 9.47 Å². The summed E-state index contributed by atoms with van der Waals surface area (Å²) in [7, 11) is 1.67. The monoisotopic (exact) mass is 311 g/mol. The molecule has 0 fully saturated rings. The topological polar surface area (TPSA) is 69.3 Å². The number of para-hydroxylation sites is 1. The van der Waals surface area contributed by atoms with E-state index >= 15 is 0 Å². The van der Waals surface area contributed by atoms with Crippen LogP contribution in [0.5, 0.6) is 0 Å². The van der Waals surface area contributed by atoms with Crippen LogP contribution in [0.15, 0.2) is 36.5 Å². The third kappa shape index (κ3) is 3.79. The van der Waals surface area contributed by atoms with Crippen molar-refractivity contribution in [2.24, 2.45) is 0 Å². The predicted octanol–water partition coefficient (Wildman–Crippen LogP) is 2.41. The number of hydrogen-bond donors (Lipinski definition) is 1. The van der Waals surface area contributed by atoms with Crippen LogP contribution < -0.4 is 0 Å². The Kier molecular flexibility index (Phi) is 5.56. The number of aromatic nitrogens is 1. The van der Waals surface area contributed by atoms with Gasteiger partial charge in [-0.3, -0.25) is 4.79 Å². The summed E-state index contributed by atoms with van der Waals surface area (Å²) in [5, 5.41) is 18.9. The summed E-state index contributed by atoms with van der Waals surface area (Å²) in [6, 6.07) is 9.85. The van der Waals surface area contributed by atoms with Crippen LogP contribution in [0.4, 0.5) is 0 Å². The number of hydrogen-bond acceptors (Lipinski definition) is 3. The van der Waals surface area contributed by atoms with Crippen LogP contribution in [-0.2, 0) is 11.3 Å². The van der Waals surface area contributed by atoms with Crippen LogP contribution in [0.1, 0.15) is 18.9 Å². The molecule has 1 heterocycles. The number of aryl methyl sites for hydroxylation is 1. The van der Waals surface area contributed by atoms with Gasteiger partial charge in [0.25, 0.3) is 0 Å². The minimum atomic E-state index is -0.218. The minimum absolute atomic E-state index is 0.0659. The zero-order chi connectivity index (χ0) is 16.8. The first-order valence-corrected chi connectivity index (χ1v) is 7.59. The van der Waals surface area contributed by atoms with Gasteiger partial charge in [-0.2, -0.15) is 5.26 Å². The molecule has 1 N–H and O–H groups in total. The Morgan fingerprint density at radius 3 is 2.91 bits per heavy atom. The molecule has 1 amide bonds. The molecule has 2 rings (SSSR count). The number of fused-ring (bicyclic) bond motifs is 1. The SMILES string of the molecule is CC(CO)N(C)C(=O)/C=C/c1cn(CCC#N)c2ccccc12. The van der Waals surface area contributed by atoms with Crippen molar-refractivity contribution in [2.75, 3.05) is 13.7 Å². The summed E-state index contributed by atoms with van der Waals surface area (Å²) in [6.07, 6.45) is 5.70. The molecule has 1 aromatic heterocycles. The Morgan fingerprint density at radius 2 is 2.22 bits per heavy atom. The zero-order valence-corrected chi connectivity index (χ0v) is 13.4. The number of amides is 1. The van der Waals surface area contributed by atoms with E-state index in [0.29, 0.717) is 13.0 Å². The fourth-order valence-corrected chi connectivity index (χ4v) is 2.38. The van der Waals surface area contributed by atoms with Gasteiger partial charge in [0.15, 0.2) is 0 Å². The van der Waals surface area contributed by atoms with E-state index in [4.69, 9.17) is 10.4 Å². The first kappa shape index (κ1) is 16.8. The van der Waals surface area contributed by atoms with Gasteiger partial charge in [-0.15, -0.1) is 0 Å². The number of nitriles is 1. The largest absolute Gasteiger partial charge is 0.394 e.